The highest BCUT2D eigenvalue weighted by Crippen LogP contribution is 2.12. The molecule has 0 N–H and O–H groups in total. The zero-order valence-corrected chi connectivity index (χ0v) is 9.42. The molecule has 0 aliphatic heterocycles. The Hall–Kier alpha value is -1.76. The minimum atomic E-state index is -1.26. The number of hydrogen-bond donors (Lipinski definition) is 0. The van der Waals surface area contributed by atoms with E-state index in [0.717, 1.165) is 0 Å². The zero-order valence-electron chi connectivity index (χ0n) is 9.42. The SMILES string of the molecule is COCCCCC(C(=O)OC=O)C(=O)OC=O. The van der Waals surface area contributed by atoms with Crippen LogP contribution in [-0.2, 0) is 33.4 Å². The van der Waals surface area contributed by atoms with Crippen molar-refractivity contribution in [2.75, 3.05) is 13.7 Å². The fourth-order valence-electron chi connectivity index (χ4n) is 1.19. The number of rotatable bonds is 9. The van der Waals surface area contributed by atoms with E-state index < -0.39 is 17.9 Å². The van der Waals surface area contributed by atoms with E-state index in [1.54, 1.807) is 0 Å². The molecule has 0 unspecified atom stereocenters. The molecule has 7 heteroatoms. The van der Waals surface area contributed by atoms with Gasteiger partial charge in [0.25, 0.3) is 0 Å². The first-order valence-electron chi connectivity index (χ1n) is 4.94. The van der Waals surface area contributed by atoms with Crippen molar-refractivity contribution in [3.63, 3.8) is 0 Å². The molecule has 0 aliphatic rings. The largest absolute Gasteiger partial charge is 0.395 e. The molecule has 7 nitrogen and oxygen atoms in total. The van der Waals surface area contributed by atoms with E-state index in [2.05, 4.69) is 9.47 Å². The Kier molecular flexibility index (Phi) is 8.48. The van der Waals surface area contributed by atoms with Gasteiger partial charge < -0.3 is 14.2 Å². The van der Waals surface area contributed by atoms with Gasteiger partial charge in [0.2, 0.25) is 0 Å². The molecular formula is C10H14O7. The van der Waals surface area contributed by atoms with Crippen molar-refractivity contribution in [3.8, 4) is 0 Å². The van der Waals surface area contributed by atoms with Gasteiger partial charge in [0.15, 0.2) is 5.92 Å². The third-order valence-electron chi connectivity index (χ3n) is 1.99. The molecule has 96 valence electrons. The van der Waals surface area contributed by atoms with Gasteiger partial charge in [0, 0.05) is 13.7 Å². The van der Waals surface area contributed by atoms with E-state index in [1.807, 2.05) is 0 Å². The number of ether oxygens (including phenoxy) is 3. The summed E-state index contributed by atoms with van der Waals surface area (Å²) in [5.41, 5.74) is 0. The Labute approximate surface area is 98.0 Å². The van der Waals surface area contributed by atoms with Gasteiger partial charge in [0.1, 0.15) is 0 Å². The minimum absolute atomic E-state index is 0.0708. The normalized spacial score (nSPS) is 9.76. The van der Waals surface area contributed by atoms with Gasteiger partial charge in [-0.2, -0.15) is 0 Å². The highest BCUT2D eigenvalue weighted by molar-refractivity contribution is 5.98. The molecular weight excluding hydrogens is 232 g/mol. The van der Waals surface area contributed by atoms with Crippen LogP contribution >= 0.6 is 0 Å². The molecule has 0 saturated heterocycles. The summed E-state index contributed by atoms with van der Waals surface area (Å²) in [6.45, 7) is 0.343. The Morgan fingerprint density at radius 1 is 1.06 bits per heavy atom. The fraction of sp³-hybridized carbons (Fsp3) is 0.600. The maximum atomic E-state index is 11.2. The molecule has 0 bridgehead atoms. The van der Waals surface area contributed by atoms with E-state index in [4.69, 9.17) is 4.74 Å². The van der Waals surface area contributed by atoms with Gasteiger partial charge in [-0.05, 0) is 19.3 Å². The van der Waals surface area contributed by atoms with Crippen LogP contribution in [-0.4, -0.2) is 38.6 Å². The van der Waals surface area contributed by atoms with Gasteiger partial charge in [-0.15, -0.1) is 0 Å². The molecule has 17 heavy (non-hydrogen) atoms. The quantitative estimate of drug-likeness (QED) is 0.241. The molecule has 0 aromatic rings. The third kappa shape index (κ3) is 6.41. The Morgan fingerprint density at radius 2 is 1.59 bits per heavy atom. The monoisotopic (exact) mass is 246 g/mol. The van der Waals surface area contributed by atoms with Crippen molar-refractivity contribution in [2.45, 2.75) is 19.3 Å². The molecule has 0 saturated carbocycles. The first kappa shape index (κ1) is 15.2. The first-order valence-corrected chi connectivity index (χ1v) is 4.94. The van der Waals surface area contributed by atoms with Crippen LogP contribution in [0.2, 0.25) is 0 Å². The maximum absolute atomic E-state index is 11.2. The van der Waals surface area contributed by atoms with Gasteiger partial charge in [-0.25, -0.2) is 0 Å². The average molecular weight is 246 g/mol. The van der Waals surface area contributed by atoms with E-state index in [1.165, 1.54) is 7.11 Å². The van der Waals surface area contributed by atoms with Gasteiger partial charge in [-0.3, -0.25) is 19.2 Å². The van der Waals surface area contributed by atoms with Crippen LogP contribution < -0.4 is 0 Å². The van der Waals surface area contributed by atoms with Gasteiger partial charge in [0.05, 0.1) is 0 Å². The number of esters is 2. The Bertz CT molecular complexity index is 252. The highest BCUT2D eigenvalue weighted by atomic mass is 16.6. The topological polar surface area (TPSA) is 96.0 Å². The summed E-state index contributed by atoms with van der Waals surface area (Å²) in [4.78, 5) is 42.4. The smallest absolute Gasteiger partial charge is 0.327 e. The predicted molar refractivity (Wildman–Crippen MR) is 53.5 cm³/mol. The third-order valence-corrected chi connectivity index (χ3v) is 1.99. The van der Waals surface area contributed by atoms with Crippen molar-refractivity contribution < 1.29 is 33.4 Å². The first-order chi connectivity index (χ1) is 8.17. The lowest BCUT2D eigenvalue weighted by atomic mass is 10.0. The number of unbranched alkanes of at least 4 members (excludes halogenated alkanes) is 1. The Balaban J connectivity index is 4.28. The van der Waals surface area contributed by atoms with Crippen LogP contribution in [0.5, 0.6) is 0 Å². The number of carbonyl (C=O) groups is 4. The predicted octanol–water partition coefficient (Wildman–Crippen LogP) is -0.181. The molecule has 0 aliphatic carbocycles. The Morgan fingerprint density at radius 3 is 2.00 bits per heavy atom. The lowest BCUT2D eigenvalue weighted by molar-refractivity contribution is -0.165. The van der Waals surface area contributed by atoms with Crippen LogP contribution in [0.25, 0.3) is 0 Å². The fourth-order valence-corrected chi connectivity index (χ4v) is 1.19. The molecule has 0 rings (SSSR count). The summed E-state index contributed by atoms with van der Waals surface area (Å²) in [6.07, 6.45) is 1.26. The second-order valence-corrected chi connectivity index (χ2v) is 3.11. The zero-order chi connectivity index (χ0) is 13.1. The van der Waals surface area contributed by atoms with Gasteiger partial charge >= 0.3 is 24.9 Å². The summed E-state index contributed by atoms with van der Waals surface area (Å²) >= 11 is 0. The number of hydrogen-bond acceptors (Lipinski definition) is 7. The molecule has 0 radical (unpaired) electrons. The number of carbonyl (C=O) groups excluding carboxylic acids is 4. The van der Waals surface area contributed by atoms with E-state index in [9.17, 15) is 19.2 Å². The lowest BCUT2D eigenvalue weighted by Crippen LogP contribution is -2.27. The summed E-state index contributed by atoms with van der Waals surface area (Å²) in [6, 6.07) is 0. The van der Waals surface area contributed by atoms with E-state index in [-0.39, 0.29) is 19.4 Å². The summed E-state index contributed by atoms with van der Waals surface area (Å²) in [5.74, 6) is -3.31. The van der Waals surface area contributed by atoms with Crippen LogP contribution in [0.4, 0.5) is 0 Å². The second-order valence-electron chi connectivity index (χ2n) is 3.11. The van der Waals surface area contributed by atoms with Crippen molar-refractivity contribution >= 4 is 24.9 Å². The van der Waals surface area contributed by atoms with Crippen LogP contribution in [0.3, 0.4) is 0 Å². The van der Waals surface area contributed by atoms with Crippen molar-refractivity contribution in [2.24, 2.45) is 5.92 Å². The minimum Gasteiger partial charge on any atom is -0.395 e. The summed E-state index contributed by atoms with van der Waals surface area (Å²) in [7, 11) is 1.53. The number of methoxy groups -OCH3 is 1. The van der Waals surface area contributed by atoms with Crippen molar-refractivity contribution in [3.05, 3.63) is 0 Å². The molecule has 0 aromatic heterocycles. The molecule has 0 fully saturated rings. The molecule has 0 aromatic carbocycles. The summed E-state index contributed by atoms with van der Waals surface area (Å²) < 4.78 is 12.9. The van der Waals surface area contributed by atoms with Crippen LogP contribution in [0.15, 0.2) is 0 Å². The maximum Gasteiger partial charge on any atom is 0.327 e. The van der Waals surface area contributed by atoms with Crippen molar-refractivity contribution in [1.82, 2.24) is 0 Å². The molecule has 0 atom stereocenters. The standard InChI is InChI=1S/C10H14O7/c1-15-5-3-2-4-8(9(13)16-6-11)10(14)17-7-12/h6-8H,2-5H2,1H3. The van der Waals surface area contributed by atoms with Crippen LogP contribution in [0.1, 0.15) is 19.3 Å². The van der Waals surface area contributed by atoms with E-state index >= 15 is 0 Å². The second kappa shape index (κ2) is 9.46. The highest BCUT2D eigenvalue weighted by Gasteiger charge is 2.29. The van der Waals surface area contributed by atoms with E-state index in [0.29, 0.717) is 19.4 Å². The van der Waals surface area contributed by atoms with Crippen molar-refractivity contribution in [1.29, 1.82) is 0 Å². The molecule has 0 heterocycles. The molecule has 0 amide bonds. The summed E-state index contributed by atoms with van der Waals surface area (Å²) in [5, 5.41) is 0. The van der Waals surface area contributed by atoms with Crippen LogP contribution in [0, 0.1) is 5.92 Å². The average Bonchev–Trinajstić information content (AvgIpc) is 2.29. The molecule has 0 spiro atoms. The lowest BCUT2D eigenvalue weighted by Gasteiger charge is -2.10. The van der Waals surface area contributed by atoms with Gasteiger partial charge in [-0.1, -0.05) is 0 Å².